The van der Waals surface area contributed by atoms with Crippen LogP contribution in [0.25, 0.3) is 0 Å². The van der Waals surface area contributed by atoms with E-state index < -0.39 is 0 Å². The predicted molar refractivity (Wildman–Crippen MR) is 71.8 cm³/mol. The van der Waals surface area contributed by atoms with Crippen LogP contribution in [0.3, 0.4) is 0 Å². The van der Waals surface area contributed by atoms with Crippen LogP contribution >= 0.6 is 11.6 Å². The molecule has 2 N–H and O–H groups in total. The Balaban J connectivity index is 2.08. The van der Waals surface area contributed by atoms with Gasteiger partial charge in [-0.3, -0.25) is 0 Å². The fourth-order valence-electron chi connectivity index (χ4n) is 2.24. The van der Waals surface area contributed by atoms with E-state index in [1.165, 1.54) is 18.4 Å². The maximum atomic E-state index is 6.24. The molecule has 0 bridgehead atoms. The van der Waals surface area contributed by atoms with Gasteiger partial charge in [0.25, 0.3) is 0 Å². The van der Waals surface area contributed by atoms with Crippen molar-refractivity contribution >= 4 is 11.6 Å². The number of halogens is 1. The summed E-state index contributed by atoms with van der Waals surface area (Å²) < 4.78 is 5.91. The van der Waals surface area contributed by atoms with Gasteiger partial charge in [-0.15, -0.1) is 0 Å². The Labute approximate surface area is 108 Å². The van der Waals surface area contributed by atoms with Gasteiger partial charge in [-0.05, 0) is 55.8 Å². The number of rotatable bonds is 4. The third-order valence-corrected chi connectivity index (χ3v) is 3.77. The van der Waals surface area contributed by atoms with Gasteiger partial charge in [0.15, 0.2) is 0 Å². The SMILES string of the molecule is CC(CN)c1ccc(OC2CCCC2)c(Cl)c1. The summed E-state index contributed by atoms with van der Waals surface area (Å²) in [5.74, 6) is 1.15. The molecule has 3 heteroatoms. The lowest BCUT2D eigenvalue weighted by atomic mass is 10.0. The maximum absolute atomic E-state index is 6.24. The molecule has 0 aliphatic heterocycles. The highest BCUT2D eigenvalue weighted by Gasteiger charge is 2.18. The number of benzene rings is 1. The lowest BCUT2D eigenvalue weighted by Crippen LogP contribution is -2.12. The Morgan fingerprint density at radius 1 is 1.41 bits per heavy atom. The van der Waals surface area contributed by atoms with Crippen molar-refractivity contribution in [2.75, 3.05) is 6.54 Å². The Morgan fingerprint density at radius 3 is 2.71 bits per heavy atom. The molecule has 94 valence electrons. The Bertz CT molecular complexity index is 374. The second kappa shape index (κ2) is 5.74. The third kappa shape index (κ3) is 3.14. The molecule has 17 heavy (non-hydrogen) atoms. The summed E-state index contributed by atoms with van der Waals surface area (Å²) in [5, 5.41) is 0.703. The van der Waals surface area contributed by atoms with Crippen LogP contribution in [0.1, 0.15) is 44.1 Å². The van der Waals surface area contributed by atoms with Crippen LogP contribution in [-0.4, -0.2) is 12.6 Å². The smallest absolute Gasteiger partial charge is 0.138 e. The van der Waals surface area contributed by atoms with Crippen LogP contribution < -0.4 is 10.5 Å². The molecule has 1 atom stereocenters. The van der Waals surface area contributed by atoms with Gasteiger partial charge in [-0.2, -0.15) is 0 Å². The highest BCUT2D eigenvalue weighted by Crippen LogP contribution is 2.31. The first kappa shape index (κ1) is 12.7. The Kier molecular flexibility index (Phi) is 4.30. The zero-order chi connectivity index (χ0) is 12.3. The number of hydrogen-bond donors (Lipinski definition) is 1. The molecule has 0 saturated heterocycles. The zero-order valence-corrected chi connectivity index (χ0v) is 11.0. The quantitative estimate of drug-likeness (QED) is 0.888. The van der Waals surface area contributed by atoms with Gasteiger partial charge >= 0.3 is 0 Å². The average Bonchev–Trinajstić information content (AvgIpc) is 2.83. The molecule has 1 fully saturated rings. The molecule has 1 aliphatic carbocycles. The Hall–Kier alpha value is -0.730. The lowest BCUT2D eigenvalue weighted by Gasteiger charge is -2.16. The van der Waals surface area contributed by atoms with Crippen molar-refractivity contribution in [2.24, 2.45) is 5.73 Å². The normalized spacial score (nSPS) is 18.3. The molecule has 1 unspecified atom stereocenters. The monoisotopic (exact) mass is 253 g/mol. The van der Waals surface area contributed by atoms with Gasteiger partial charge in [0.1, 0.15) is 5.75 Å². The molecule has 0 radical (unpaired) electrons. The van der Waals surface area contributed by atoms with Crippen molar-refractivity contribution in [2.45, 2.75) is 44.6 Å². The van der Waals surface area contributed by atoms with Crippen molar-refractivity contribution in [1.82, 2.24) is 0 Å². The van der Waals surface area contributed by atoms with Crippen LogP contribution in [0.2, 0.25) is 5.02 Å². The molecule has 2 nitrogen and oxygen atoms in total. The van der Waals surface area contributed by atoms with Gasteiger partial charge in [0, 0.05) is 0 Å². The maximum Gasteiger partial charge on any atom is 0.138 e. The minimum atomic E-state index is 0.341. The van der Waals surface area contributed by atoms with Crippen molar-refractivity contribution < 1.29 is 4.74 Å². The molecule has 0 amide bonds. The van der Waals surface area contributed by atoms with Crippen molar-refractivity contribution in [3.05, 3.63) is 28.8 Å². The summed E-state index contributed by atoms with van der Waals surface area (Å²) in [6.07, 6.45) is 5.19. The highest BCUT2D eigenvalue weighted by atomic mass is 35.5. The van der Waals surface area contributed by atoms with Crippen molar-refractivity contribution in [3.63, 3.8) is 0 Å². The van der Waals surface area contributed by atoms with E-state index in [1.807, 2.05) is 12.1 Å². The fourth-order valence-corrected chi connectivity index (χ4v) is 2.47. The van der Waals surface area contributed by atoms with E-state index in [9.17, 15) is 0 Å². The lowest BCUT2D eigenvalue weighted by molar-refractivity contribution is 0.210. The van der Waals surface area contributed by atoms with E-state index >= 15 is 0 Å². The van der Waals surface area contributed by atoms with Crippen LogP contribution in [0.15, 0.2) is 18.2 Å². The van der Waals surface area contributed by atoms with Crippen LogP contribution in [0.5, 0.6) is 5.75 Å². The summed E-state index contributed by atoms with van der Waals surface area (Å²) in [6, 6.07) is 6.01. The van der Waals surface area contributed by atoms with Crippen LogP contribution in [0.4, 0.5) is 0 Å². The van der Waals surface area contributed by atoms with Gasteiger partial charge in [0.2, 0.25) is 0 Å². The summed E-state index contributed by atoms with van der Waals surface area (Å²) in [4.78, 5) is 0. The molecule has 0 aromatic heterocycles. The van der Waals surface area contributed by atoms with Gasteiger partial charge in [-0.1, -0.05) is 24.6 Å². The van der Waals surface area contributed by atoms with E-state index in [2.05, 4.69) is 13.0 Å². The molecular weight excluding hydrogens is 234 g/mol. The largest absolute Gasteiger partial charge is 0.489 e. The summed E-state index contributed by atoms with van der Waals surface area (Å²) >= 11 is 6.24. The van der Waals surface area contributed by atoms with E-state index in [1.54, 1.807) is 0 Å². The molecule has 1 aromatic carbocycles. The minimum absolute atomic E-state index is 0.341. The Morgan fingerprint density at radius 2 is 2.12 bits per heavy atom. The number of nitrogens with two attached hydrogens (primary N) is 1. The fraction of sp³-hybridized carbons (Fsp3) is 0.571. The molecular formula is C14H20ClNO. The van der Waals surface area contributed by atoms with Crippen LogP contribution in [0, 0.1) is 0 Å². The second-order valence-corrected chi connectivity index (χ2v) is 5.26. The predicted octanol–water partition coefficient (Wildman–Crippen LogP) is 3.72. The van der Waals surface area contributed by atoms with Gasteiger partial charge in [-0.25, -0.2) is 0 Å². The van der Waals surface area contributed by atoms with E-state index in [0.29, 0.717) is 23.6 Å². The molecule has 2 rings (SSSR count). The summed E-state index contributed by atoms with van der Waals surface area (Å²) in [6.45, 7) is 2.74. The topological polar surface area (TPSA) is 35.2 Å². The zero-order valence-electron chi connectivity index (χ0n) is 10.3. The van der Waals surface area contributed by atoms with Crippen molar-refractivity contribution in [1.29, 1.82) is 0 Å². The van der Waals surface area contributed by atoms with E-state index in [-0.39, 0.29) is 0 Å². The standard InChI is InChI=1S/C14H20ClNO/c1-10(9-16)11-6-7-14(13(15)8-11)17-12-4-2-3-5-12/h6-8,10,12H,2-5,9,16H2,1H3. The first-order chi connectivity index (χ1) is 8.20. The van der Waals surface area contributed by atoms with Gasteiger partial charge < -0.3 is 10.5 Å². The van der Waals surface area contributed by atoms with E-state index in [4.69, 9.17) is 22.1 Å². The van der Waals surface area contributed by atoms with E-state index in [0.717, 1.165) is 18.6 Å². The number of ether oxygens (including phenoxy) is 1. The highest BCUT2D eigenvalue weighted by molar-refractivity contribution is 6.32. The summed E-state index contributed by atoms with van der Waals surface area (Å²) in [5.41, 5.74) is 6.83. The summed E-state index contributed by atoms with van der Waals surface area (Å²) in [7, 11) is 0. The molecule has 1 aromatic rings. The average molecular weight is 254 g/mol. The first-order valence-corrected chi connectivity index (χ1v) is 6.74. The van der Waals surface area contributed by atoms with Gasteiger partial charge in [0.05, 0.1) is 11.1 Å². The first-order valence-electron chi connectivity index (χ1n) is 6.37. The molecule has 0 spiro atoms. The second-order valence-electron chi connectivity index (χ2n) is 4.85. The number of hydrogen-bond acceptors (Lipinski definition) is 2. The molecule has 1 aliphatic rings. The molecule has 1 saturated carbocycles. The minimum Gasteiger partial charge on any atom is -0.489 e. The molecule has 0 heterocycles. The third-order valence-electron chi connectivity index (χ3n) is 3.47. The van der Waals surface area contributed by atoms with Crippen molar-refractivity contribution in [3.8, 4) is 5.75 Å². The van der Waals surface area contributed by atoms with Crippen LogP contribution in [-0.2, 0) is 0 Å².